The van der Waals surface area contributed by atoms with Gasteiger partial charge in [-0.15, -0.1) is 0 Å². The van der Waals surface area contributed by atoms with Crippen molar-refractivity contribution in [1.82, 2.24) is 0 Å². The number of fused-ring (bicyclic) bond motifs is 1. The molecule has 1 atom stereocenters. The van der Waals surface area contributed by atoms with E-state index in [2.05, 4.69) is 10.0 Å². The lowest BCUT2D eigenvalue weighted by molar-refractivity contribution is -0.122. The molecule has 0 aliphatic carbocycles. The van der Waals surface area contributed by atoms with E-state index >= 15 is 0 Å². The summed E-state index contributed by atoms with van der Waals surface area (Å²) < 4.78 is 34.5. The predicted molar refractivity (Wildman–Crippen MR) is 136 cm³/mol. The third-order valence-electron chi connectivity index (χ3n) is 5.49. The van der Waals surface area contributed by atoms with Crippen LogP contribution < -0.4 is 14.8 Å². The van der Waals surface area contributed by atoms with E-state index in [0.717, 1.165) is 16.3 Å². The van der Waals surface area contributed by atoms with Crippen LogP contribution in [0.2, 0.25) is 0 Å². The molecule has 4 rings (SSSR count). The number of para-hydroxylation sites is 1. The van der Waals surface area contributed by atoms with Gasteiger partial charge in [-0.2, -0.15) is 0 Å². The molecule has 0 fully saturated rings. The average molecular weight is 475 g/mol. The monoisotopic (exact) mass is 474 g/mol. The van der Waals surface area contributed by atoms with Gasteiger partial charge in [-0.3, -0.25) is 9.52 Å². The summed E-state index contributed by atoms with van der Waals surface area (Å²) in [6.07, 6.45) is -0.181. The third kappa shape index (κ3) is 5.21. The lowest BCUT2D eigenvalue weighted by Gasteiger charge is -2.18. The number of aryl methyl sites for hydroxylation is 1. The van der Waals surface area contributed by atoms with Crippen LogP contribution in [0.3, 0.4) is 0 Å². The van der Waals surface area contributed by atoms with Crippen LogP contribution in [0.4, 0.5) is 11.4 Å². The Morgan fingerprint density at radius 1 is 0.882 bits per heavy atom. The molecule has 0 saturated heterocycles. The van der Waals surface area contributed by atoms with Gasteiger partial charge in [0.25, 0.3) is 15.9 Å². The molecule has 0 saturated carbocycles. The van der Waals surface area contributed by atoms with Crippen molar-refractivity contribution in [1.29, 1.82) is 0 Å². The van der Waals surface area contributed by atoms with Crippen molar-refractivity contribution in [2.24, 2.45) is 0 Å². The lowest BCUT2D eigenvalue weighted by atomic mass is 10.1. The summed E-state index contributed by atoms with van der Waals surface area (Å²) in [5.41, 5.74) is 1.94. The average Bonchev–Trinajstić information content (AvgIpc) is 2.84. The Hall–Kier alpha value is -3.84. The highest BCUT2D eigenvalue weighted by atomic mass is 32.2. The Morgan fingerprint density at radius 3 is 2.29 bits per heavy atom. The summed E-state index contributed by atoms with van der Waals surface area (Å²) >= 11 is 0. The second-order valence-electron chi connectivity index (χ2n) is 7.93. The summed E-state index contributed by atoms with van der Waals surface area (Å²) in [4.78, 5) is 12.8. The van der Waals surface area contributed by atoms with E-state index < -0.39 is 16.1 Å². The number of amides is 1. The quantitative estimate of drug-likeness (QED) is 0.341. The Labute approximate surface area is 199 Å². The molecule has 174 valence electrons. The fraction of sp³-hybridized carbons (Fsp3) is 0.148. The molecule has 0 aliphatic heterocycles. The highest BCUT2D eigenvalue weighted by Crippen LogP contribution is 2.26. The number of ether oxygens (including phenoxy) is 1. The molecule has 0 radical (unpaired) electrons. The molecule has 6 nitrogen and oxygen atoms in total. The number of carbonyl (C=O) groups excluding carboxylic acids is 1. The lowest BCUT2D eigenvalue weighted by Crippen LogP contribution is -2.32. The number of rotatable bonds is 8. The fourth-order valence-electron chi connectivity index (χ4n) is 3.62. The van der Waals surface area contributed by atoms with E-state index in [1.807, 2.05) is 74.5 Å². The van der Waals surface area contributed by atoms with Crippen molar-refractivity contribution in [2.45, 2.75) is 31.3 Å². The van der Waals surface area contributed by atoms with E-state index in [0.29, 0.717) is 23.5 Å². The zero-order valence-corrected chi connectivity index (χ0v) is 19.8. The number of hydrogen-bond acceptors (Lipinski definition) is 4. The Balaban J connectivity index is 1.46. The molecule has 1 amide bonds. The number of nitrogens with one attached hydrogen (secondary N) is 2. The maximum atomic E-state index is 12.9. The standard InChI is InChI=1S/C27H26N2O4S/c1-3-25(33-26-14-7-4-9-19(26)2)27(30)28-21-15-17-22(18-16-21)34(31,32)29-24-13-8-11-20-10-5-6-12-23(20)24/h4-18,25,29H,3H2,1-2H3,(H,28,30)/t25-/m0/s1. The second-order valence-corrected chi connectivity index (χ2v) is 9.61. The molecule has 2 N–H and O–H groups in total. The normalized spacial score (nSPS) is 12.2. The topological polar surface area (TPSA) is 84.5 Å². The Morgan fingerprint density at radius 2 is 1.56 bits per heavy atom. The van der Waals surface area contributed by atoms with Crippen LogP contribution in [-0.2, 0) is 14.8 Å². The van der Waals surface area contributed by atoms with Crippen LogP contribution in [0, 0.1) is 6.92 Å². The number of hydrogen-bond donors (Lipinski definition) is 2. The highest BCUT2D eigenvalue weighted by molar-refractivity contribution is 7.92. The van der Waals surface area contributed by atoms with Gasteiger partial charge < -0.3 is 10.1 Å². The molecular weight excluding hydrogens is 448 g/mol. The molecule has 0 aliphatic rings. The highest BCUT2D eigenvalue weighted by Gasteiger charge is 2.20. The minimum atomic E-state index is -3.80. The van der Waals surface area contributed by atoms with Crippen LogP contribution in [0.15, 0.2) is 95.9 Å². The summed E-state index contributed by atoms with van der Waals surface area (Å²) in [7, 11) is -3.80. The number of anilines is 2. The Kier molecular flexibility index (Phi) is 6.84. The van der Waals surface area contributed by atoms with Gasteiger partial charge in [-0.1, -0.05) is 61.5 Å². The van der Waals surface area contributed by atoms with E-state index in [-0.39, 0.29) is 10.8 Å². The molecular formula is C27H26N2O4S. The summed E-state index contributed by atoms with van der Waals surface area (Å²) in [5, 5.41) is 4.57. The maximum absolute atomic E-state index is 12.9. The van der Waals surface area contributed by atoms with Crippen LogP contribution in [0.25, 0.3) is 10.8 Å². The van der Waals surface area contributed by atoms with Gasteiger partial charge in [0.1, 0.15) is 5.75 Å². The zero-order valence-electron chi connectivity index (χ0n) is 19.0. The van der Waals surface area contributed by atoms with Crippen LogP contribution in [-0.4, -0.2) is 20.4 Å². The molecule has 7 heteroatoms. The van der Waals surface area contributed by atoms with Gasteiger partial charge in [0.15, 0.2) is 6.10 Å². The number of carbonyl (C=O) groups is 1. The summed E-state index contributed by atoms with van der Waals surface area (Å²) in [6, 6.07) is 26.6. The largest absolute Gasteiger partial charge is 0.480 e. The second kappa shape index (κ2) is 9.97. The van der Waals surface area contributed by atoms with Crippen molar-refractivity contribution >= 4 is 38.1 Å². The first-order valence-corrected chi connectivity index (χ1v) is 12.5. The molecule has 4 aromatic carbocycles. The predicted octanol–water partition coefficient (Wildman–Crippen LogP) is 5.75. The minimum absolute atomic E-state index is 0.0987. The Bertz CT molecular complexity index is 1410. The maximum Gasteiger partial charge on any atom is 0.265 e. The first-order chi connectivity index (χ1) is 16.4. The van der Waals surface area contributed by atoms with E-state index in [1.54, 1.807) is 18.2 Å². The van der Waals surface area contributed by atoms with Crippen LogP contribution in [0.1, 0.15) is 18.9 Å². The molecule has 0 spiro atoms. The van der Waals surface area contributed by atoms with Gasteiger partial charge in [-0.05, 0) is 60.7 Å². The fourth-order valence-corrected chi connectivity index (χ4v) is 4.70. The molecule has 34 heavy (non-hydrogen) atoms. The molecule has 0 heterocycles. The van der Waals surface area contributed by atoms with Gasteiger partial charge in [0.05, 0.1) is 10.6 Å². The van der Waals surface area contributed by atoms with E-state index in [1.165, 1.54) is 12.1 Å². The van der Waals surface area contributed by atoms with Gasteiger partial charge in [0.2, 0.25) is 0 Å². The van der Waals surface area contributed by atoms with Crippen molar-refractivity contribution in [3.05, 3.63) is 96.6 Å². The third-order valence-corrected chi connectivity index (χ3v) is 6.87. The van der Waals surface area contributed by atoms with Gasteiger partial charge in [-0.25, -0.2) is 8.42 Å². The van der Waals surface area contributed by atoms with Crippen molar-refractivity contribution in [3.8, 4) is 5.75 Å². The first kappa shape index (κ1) is 23.3. The van der Waals surface area contributed by atoms with Crippen LogP contribution in [0.5, 0.6) is 5.75 Å². The van der Waals surface area contributed by atoms with E-state index in [4.69, 9.17) is 4.74 Å². The summed E-state index contributed by atoms with van der Waals surface area (Å²) in [6.45, 7) is 3.79. The molecule has 0 bridgehead atoms. The first-order valence-electron chi connectivity index (χ1n) is 11.0. The summed E-state index contributed by atoms with van der Waals surface area (Å²) in [5.74, 6) is 0.362. The number of sulfonamides is 1. The van der Waals surface area contributed by atoms with E-state index in [9.17, 15) is 13.2 Å². The number of benzene rings is 4. The van der Waals surface area contributed by atoms with Gasteiger partial charge >= 0.3 is 0 Å². The van der Waals surface area contributed by atoms with Crippen molar-refractivity contribution < 1.29 is 17.9 Å². The zero-order chi connectivity index (χ0) is 24.1. The van der Waals surface area contributed by atoms with Crippen molar-refractivity contribution in [2.75, 3.05) is 10.0 Å². The van der Waals surface area contributed by atoms with Gasteiger partial charge in [0, 0.05) is 11.1 Å². The smallest absolute Gasteiger partial charge is 0.265 e. The molecule has 0 aromatic heterocycles. The SMILES string of the molecule is CC[C@H](Oc1ccccc1C)C(=O)Nc1ccc(S(=O)(=O)Nc2cccc3ccccc23)cc1. The van der Waals surface area contributed by atoms with Crippen molar-refractivity contribution in [3.63, 3.8) is 0 Å². The van der Waals surface area contributed by atoms with Crippen LogP contribution >= 0.6 is 0 Å². The molecule has 0 unspecified atom stereocenters. The minimum Gasteiger partial charge on any atom is -0.480 e. The molecule has 4 aromatic rings.